The number of rotatable bonds is 6. The summed E-state index contributed by atoms with van der Waals surface area (Å²) < 4.78 is 40.3. The summed E-state index contributed by atoms with van der Waals surface area (Å²) in [4.78, 5) is 22.3. The molecule has 3 rings (SSSR count). The first-order chi connectivity index (χ1) is 13.6. The molecule has 0 bridgehead atoms. The molecule has 1 amide bonds. The van der Waals surface area contributed by atoms with E-state index in [0.29, 0.717) is 12.8 Å². The molecule has 1 aromatic carbocycles. The van der Waals surface area contributed by atoms with Crippen LogP contribution in [0.3, 0.4) is 0 Å². The maximum Gasteiger partial charge on any atom is 0.436 e. The first-order valence-electron chi connectivity index (χ1n) is 8.43. The van der Waals surface area contributed by atoms with Crippen LogP contribution in [-0.2, 0) is 17.5 Å². The van der Waals surface area contributed by atoms with Crippen molar-refractivity contribution in [2.45, 2.75) is 37.9 Å². The highest BCUT2D eigenvalue weighted by Gasteiger charge is 2.42. The fourth-order valence-corrected chi connectivity index (χ4v) is 3.22. The number of aryl methyl sites for hydroxylation is 1. The van der Waals surface area contributed by atoms with Crippen LogP contribution in [-0.4, -0.2) is 20.6 Å². The zero-order valence-corrected chi connectivity index (χ0v) is 15.4. The highest BCUT2D eigenvalue weighted by atomic mass is 35.5. The Hall–Kier alpha value is -3.13. The van der Waals surface area contributed by atoms with E-state index in [9.17, 15) is 28.1 Å². The molecule has 0 radical (unpaired) electrons. The standard InChI is InChI=1S/C17H13ClF3N5O3/c18-14-15(9-1-2-9)25(24-16(14)17(19,20)21)6-5-13(27)23-12-4-3-11(26(28)29)7-10(12)8-22/h3-4,7,9H,1-2,5-6H2,(H,23,27). The number of hydrogen-bond acceptors (Lipinski definition) is 5. The lowest BCUT2D eigenvalue weighted by Crippen LogP contribution is -2.17. The first kappa shape index (κ1) is 20.6. The van der Waals surface area contributed by atoms with E-state index in [0.717, 1.165) is 16.8 Å². The van der Waals surface area contributed by atoms with Gasteiger partial charge in [-0.15, -0.1) is 0 Å². The van der Waals surface area contributed by atoms with Gasteiger partial charge in [0.25, 0.3) is 5.69 Å². The minimum absolute atomic E-state index is 0.0694. The number of nitriles is 1. The van der Waals surface area contributed by atoms with Crippen molar-refractivity contribution in [1.29, 1.82) is 5.26 Å². The Kier molecular flexibility index (Phi) is 5.48. The third-order valence-electron chi connectivity index (χ3n) is 4.32. The van der Waals surface area contributed by atoms with Gasteiger partial charge in [0, 0.05) is 24.5 Å². The minimum atomic E-state index is -4.70. The van der Waals surface area contributed by atoms with Crippen molar-refractivity contribution < 1.29 is 22.9 Å². The van der Waals surface area contributed by atoms with Crippen LogP contribution < -0.4 is 5.32 Å². The monoisotopic (exact) mass is 427 g/mol. The molecule has 1 aliphatic carbocycles. The molecule has 0 atom stereocenters. The van der Waals surface area contributed by atoms with Crippen LogP contribution in [0.5, 0.6) is 0 Å². The zero-order chi connectivity index (χ0) is 21.3. The molecule has 1 fully saturated rings. The van der Waals surface area contributed by atoms with Crippen LogP contribution >= 0.6 is 11.6 Å². The molecular formula is C17H13ClF3N5O3. The molecule has 0 unspecified atom stereocenters. The number of anilines is 1. The summed E-state index contributed by atoms with van der Waals surface area (Å²) >= 11 is 5.88. The Balaban J connectivity index is 1.74. The summed E-state index contributed by atoms with van der Waals surface area (Å²) in [6.45, 7) is -0.137. The fraction of sp³-hybridized carbons (Fsp3) is 0.353. The van der Waals surface area contributed by atoms with E-state index >= 15 is 0 Å². The van der Waals surface area contributed by atoms with Gasteiger partial charge in [-0.3, -0.25) is 19.6 Å². The van der Waals surface area contributed by atoms with Gasteiger partial charge in [-0.05, 0) is 18.9 Å². The van der Waals surface area contributed by atoms with Crippen molar-refractivity contribution in [3.63, 3.8) is 0 Å². The molecule has 0 spiro atoms. The van der Waals surface area contributed by atoms with E-state index in [2.05, 4.69) is 10.4 Å². The molecule has 29 heavy (non-hydrogen) atoms. The van der Waals surface area contributed by atoms with E-state index in [1.807, 2.05) is 0 Å². The summed E-state index contributed by atoms with van der Waals surface area (Å²) in [5, 5.41) is 25.4. The number of carbonyl (C=O) groups is 1. The first-order valence-corrected chi connectivity index (χ1v) is 8.81. The molecule has 1 saturated carbocycles. The molecule has 152 valence electrons. The van der Waals surface area contributed by atoms with Gasteiger partial charge in [-0.2, -0.15) is 23.5 Å². The fourth-order valence-electron chi connectivity index (χ4n) is 2.82. The highest BCUT2D eigenvalue weighted by Crippen LogP contribution is 2.46. The molecule has 0 saturated heterocycles. The van der Waals surface area contributed by atoms with Gasteiger partial charge in [-0.1, -0.05) is 11.6 Å². The van der Waals surface area contributed by atoms with Gasteiger partial charge in [0.1, 0.15) is 6.07 Å². The molecule has 1 aromatic heterocycles. The number of aromatic nitrogens is 2. The van der Waals surface area contributed by atoms with E-state index in [1.165, 1.54) is 6.07 Å². The summed E-state index contributed by atoms with van der Waals surface area (Å²) in [6, 6.07) is 5.12. The van der Waals surface area contributed by atoms with Crippen LogP contribution in [0.4, 0.5) is 24.5 Å². The Labute approximate surface area is 167 Å². The van der Waals surface area contributed by atoms with Crippen molar-refractivity contribution in [1.82, 2.24) is 9.78 Å². The van der Waals surface area contributed by atoms with Gasteiger partial charge >= 0.3 is 6.18 Å². The zero-order valence-electron chi connectivity index (χ0n) is 14.7. The van der Waals surface area contributed by atoms with E-state index in [-0.39, 0.29) is 41.5 Å². The summed E-state index contributed by atoms with van der Waals surface area (Å²) in [6.07, 6.45) is -3.53. The molecule has 2 aromatic rings. The van der Waals surface area contributed by atoms with Gasteiger partial charge in [-0.25, -0.2) is 0 Å². The number of alkyl halides is 3. The molecule has 1 heterocycles. The largest absolute Gasteiger partial charge is 0.436 e. The van der Waals surface area contributed by atoms with Gasteiger partial charge in [0.05, 0.1) is 33.4 Å². The van der Waals surface area contributed by atoms with Crippen LogP contribution in [0.1, 0.15) is 42.1 Å². The molecule has 1 N–H and O–H groups in total. The normalized spacial score (nSPS) is 13.8. The average Bonchev–Trinajstić information content (AvgIpc) is 3.42. The Bertz CT molecular complexity index is 1020. The number of non-ortho nitro benzene ring substituents is 1. The van der Waals surface area contributed by atoms with Crippen molar-refractivity contribution in [2.75, 3.05) is 5.32 Å². The van der Waals surface area contributed by atoms with Gasteiger partial charge in [0.15, 0.2) is 5.69 Å². The quantitative estimate of drug-likeness (QED) is 0.547. The number of amides is 1. The molecule has 1 aliphatic rings. The van der Waals surface area contributed by atoms with Gasteiger partial charge in [0.2, 0.25) is 5.91 Å². The number of hydrogen-bond donors (Lipinski definition) is 1. The molecule has 8 nitrogen and oxygen atoms in total. The number of nitro groups is 1. The Morgan fingerprint density at radius 3 is 2.69 bits per heavy atom. The average molecular weight is 428 g/mol. The second-order valence-corrected chi connectivity index (χ2v) is 6.82. The lowest BCUT2D eigenvalue weighted by atomic mass is 10.1. The van der Waals surface area contributed by atoms with Crippen molar-refractivity contribution >= 4 is 28.9 Å². The minimum Gasteiger partial charge on any atom is -0.325 e. The lowest BCUT2D eigenvalue weighted by molar-refractivity contribution is -0.384. The SMILES string of the molecule is N#Cc1cc([N+](=O)[O-])ccc1NC(=O)CCn1nc(C(F)(F)F)c(Cl)c1C1CC1. The van der Waals surface area contributed by atoms with Crippen LogP contribution in [0, 0.1) is 21.4 Å². The number of nitro benzene ring substituents is 1. The number of carbonyl (C=O) groups excluding carboxylic acids is 1. The summed E-state index contributed by atoms with van der Waals surface area (Å²) in [5.41, 5.74) is -1.25. The van der Waals surface area contributed by atoms with Crippen molar-refractivity contribution in [2.24, 2.45) is 0 Å². The number of benzene rings is 1. The summed E-state index contributed by atoms with van der Waals surface area (Å²) in [7, 11) is 0. The number of halogens is 4. The lowest BCUT2D eigenvalue weighted by Gasteiger charge is -2.09. The summed E-state index contributed by atoms with van der Waals surface area (Å²) in [5.74, 6) is -0.702. The predicted octanol–water partition coefficient (Wildman–Crippen LogP) is 4.24. The van der Waals surface area contributed by atoms with E-state index in [4.69, 9.17) is 16.9 Å². The van der Waals surface area contributed by atoms with Gasteiger partial charge < -0.3 is 5.32 Å². The Morgan fingerprint density at radius 2 is 2.14 bits per heavy atom. The number of nitrogens with one attached hydrogen (secondary N) is 1. The second kappa shape index (κ2) is 7.71. The van der Waals surface area contributed by atoms with E-state index < -0.39 is 27.7 Å². The number of nitrogens with zero attached hydrogens (tertiary/aromatic N) is 4. The maximum atomic E-state index is 13.1. The van der Waals surface area contributed by atoms with Crippen LogP contribution in [0.25, 0.3) is 0 Å². The molecule has 0 aliphatic heterocycles. The Morgan fingerprint density at radius 1 is 1.45 bits per heavy atom. The predicted molar refractivity (Wildman–Crippen MR) is 95.3 cm³/mol. The third kappa shape index (κ3) is 4.48. The second-order valence-electron chi connectivity index (χ2n) is 6.44. The van der Waals surface area contributed by atoms with Crippen molar-refractivity contribution in [3.8, 4) is 6.07 Å². The third-order valence-corrected chi connectivity index (χ3v) is 4.70. The van der Waals surface area contributed by atoms with Crippen LogP contribution in [0.2, 0.25) is 5.02 Å². The maximum absolute atomic E-state index is 13.1. The smallest absolute Gasteiger partial charge is 0.325 e. The topological polar surface area (TPSA) is 114 Å². The van der Waals surface area contributed by atoms with E-state index in [1.54, 1.807) is 6.07 Å². The van der Waals surface area contributed by atoms with Crippen molar-refractivity contribution in [3.05, 3.63) is 50.3 Å². The molecule has 12 heteroatoms. The highest BCUT2D eigenvalue weighted by molar-refractivity contribution is 6.32. The van der Waals surface area contributed by atoms with Crippen LogP contribution in [0.15, 0.2) is 18.2 Å². The molecular weight excluding hydrogens is 415 g/mol.